The highest BCUT2D eigenvalue weighted by atomic mass is 79.9. The molecule has 0 atom stereocenters. The number of nitrogens with one attached hydrogen (secondary N) is 2. The first-order chi connectivity index (χ1) is 28.8. The molecule has 8 bridgehead atoms. The van der Waals surface area contributed by atoms with Crippen LogP contribution in [0.5, 0.6) is 0 Å². The van der Waals surface area contributed by atoms with Gasteiger partial charge in [-0.05, 0) is 58.4 Å². The highest BCUT2D eigenvalue weighted by Crippen LogP contribution is 2.59. The Kier molecular flexibility index (Phi) is 11.4. The van der Waals surface area contributed by atoms with Crippen molar-refractivity contribution in [3.05, 3.63) is 67.7 Å². The van der Waals surface area contributed by atoms with Gasteiger partial charge in [0.05, 0.1) is 67.1 Å². The number of nitrogens with zero attached hydrogens (tertiary/aromatic N) is 2. The van der Waals surface area contributed by atoms with Crippen LogP contribution in [0.15, 0.2) is 22.7 Å². The topological polar surface area (TPSA) is 57.4 Å². The fraction of sp³-hybridized carbons (Fsp3) is 0.375. The van der Waals surface area contributed by atoms with Gasteiger partial charge in [-0.1, -0.05) is 0 Å². The summed E-state index contributed by atoms with van der Waals surface area (Å²) in [6.45, 7) is 0. The molecule has 0 amide bonds. The van der Waals surface area contributed by atoms with Crippen molar-refractivity contribution in [2.75, 3.05) is 0 Å². The number of alkyl halides is 28. The molecule has 0 spiro atoms. The Morgan fingerprint density at radius 3 is 0.969 bits per heavy atom. The third kappa shape index (κ3) is 7.34. The Morgan fingerprint density at radius 2 is 0.615 bits per heavy atom. The molecule has 65 heavy (non-hydrogen) atoms. The summed E-state index contributed by atoms with van der Waals surface area (Å²) in [6, 6.07) is -1.37. The molecule has 0 saturated carbocycles. The summed E-state index contributed by atoms with van der Waals surface area (Å²) in [4.78, 5) is 7.26. The molecule has 0 radical (unpaired) electrons. The van der Waals surface area contributed by atoms with E-state index in [1.54, 1.807) is 0 Å². The van der Waals surface area contributed by atoms with Crippen LogP contribution in [0, 0.1) is 0 Å². The van der Waals surface area contributed by atoms with Crippen LogP contribution in [0.2, 0.25) is 0 Å². The maximum absolute atomic E-state index is 15.8. The largest absolute Gasteiger partial charge is 0.460 e. The minimum atomic E-state index is -7.54. The van der Waals surface area contributed by atoms with Crippen LogP contribution in [-0.4, -0.2) is 68.3 Å². The third-order valence-corrected chi connectivity index (χ3v) is 9.70. The minimum absolute atomic E-state index is 0.452. The quantitative estimate of drug-likeness (QED) is 0.152. The van der Waals surface area contributed by atoms with Crippen LogP contribution < -0.4 is 0 Å². The SMILES string of the molecule is FC(F)(F)C(F)(F)C(F)(F)c1c2nc(c(C(F)(F)C(F)(F)C(F)(F)F)c3ccc([nH]3)c(C(F)(F)C(F)(F)C(F)(F)F)c3cc(Br)c([nH]3)c(C(F)(F)C(F)(F)C(F)(F)F)c3nc1C=C3)C=C2. The summed E-state index contributed by atoms with van der Waals surface area (Å²) < 4.78 is 403. The van der Waals surface area contributed by atoms with Crippen molar-refractivity contribution in [1.82, 2.24) is 19.9 Å². The standard InChI is InChI=1S/C32H9BrF28N4/c33-8-7-15-18(23(38,39)27(46,47)31(56,57)58)13-4-3-11(63-13)16(21(34,35)25(42,43)29(50,51)52)9-1-2-10(62-9)17(22(36,37)26(44,45)30(53,54)55)12-5-6-14(64-12)19(20(8)65-15)24(40,41)28(48,49)32(59,60)61/h1-7,63,65H. The van der Waals surface area contributed by atoms with Crippen molar-refractivity contribution in [2.45, 2.75) is 72.1 Å². The van der Waals surface area contributed by atoms with Crippen LogP contribution >= 0.6 is 15.9 Å². The molecular formula is C32H9BrF28N4. The average Bonchev–Trinajstić information content (AvgIpc) is 3.93. The lowest BCUT2D eigenvalue weighted by molar-refractivity contribution is -0.359. The first-order valence-electron chi connectivity index (χ1n) is 15.9. The second-order valence-electron chi connectivity index (χ2n) is 13.2. The zero-order valence-corrected chi connectivity index (χ0v) is 31.0. The summed E-state index contributed by atoms with van der Waals surface area (Å²) in [5.74, 6) is -58.4. The summed E-state index contributed by atoms with van der Waals surface area (Å²) >= 11 is 2.09. The Morgan fingerprint density at radius 1 is 0.338 bits per heavy atom. The van der Waals surface area contributed by atoms with E-state index in [1.165, 1.54) is 0 Å². The first-order valence-corrected chi connectivity index (χ1v) is 16.7. The van der Waals surface area contributed by atoms with Crippen LogP contribution in [0.4, 0.5) is 123 Å². The zero-order chi connectivity index (χ0) is 50.3. The Hall–Kier alpha value is -4.88. The van der Waals surface area contributed by atoms with E-state index in [0.29, 0.717) is 0 Å². The molecule has 5 rings (SSSR count). The fourth-order valence-corrected chi connectivity index (χ4v) is 6.43. The Bertz CT molecular complexity index is 2630. The van der Waals surface area contributed by atoms with Gasteiger partial charge in [0.25, 0.3) is 0 Å². The molecule has 360 valence electrons. The predicted octanol–water partition coefficient (Wildman–Crippen LogP) is 14.6. The van der Waals surface area contributed by atoms with Gasteiger partial charge in [-0.3, -0.25) is 0 Å². The van der Waals surface area contributed by atoms with Crippen molar-refractivity contribution in [2.24, 2.45) is 0 Å². The summed E-state index contributed by atoms with van der Waals surface area (Å²) in [7, 11) is 0. The van der Waals surface area contributed by atoms with Crippen molar-refractivity contribution in [3.8, 4) is 0 Å². The van der Waals surface area contributed by atoms with Crippen molar-refractivity contribution in [3.63, 3.8) is 0 Å². The summed E-state index contributed by atoms with van der Waals surface area (Å²) in [6.07, 6.45) is -31.9. The second kappa shape index (κ2) is 14.6. The van der Waals surface area contributed by atoms with Gasteiger partial charge in [0.15, 0.2) is 0 Å². The average molecular weight is 1060 g/mol. The van der Waals surface area contributed by atoms with E-state index < -0.39 is 186 Å². The number of aromatic nitrogens is 4. The molecule has 2 N–H and O–H groups in total. The van der Waals surface area contributed by atoms with Crippen LogP contribution in [-0.2, 0) is 23.7 Å². The molecule has 0 saturated heterocycles. The van der Waals surface area contributed by atoms with Gasteiger partial charge in [-0.25, -0.2) is 9.97 Å². The number of rotatable bonds is 8. The van der Waals surface area contributed by atoms with Gasteiger partial charge in [-0.2, -0.15) is 123 Å². The highest BCUT2D eigenvalue weighted by molar-refractivity contribution is 9.10. The van der Waals surface area contributed by atoms with E-state index >= 15 is 35.1 Å². The molecule has 0 fully saturated rings. The molecule has 33 heteroatoms. The van der Waals surface area contributed by atoms with Crippen LogP contribution in [0.3, 0.4) is 0 Å². The Balaban J connectivity index is 2.26. The molecule has 2 aliphatic heterocycles. The normalized spacial score (nSPS) is 15.6. The smallest absolute Gasteiger partial charge is 0.355 e. The molecule has 3 aromatic rings. The van der Waals surface area contributed by atoms with Crippen LogP contribution in [0.25, 0.3) is 46.4 Å². The maximum Gasteiger partial charge on any atom is 0.460 e. The van der Waals surface area contributed by atoms with E-state index in [9.17, 15) is 87.8 Å². The number of aromatic amines is 2. The lowest BCUT2D eigenvalue weighted by Crippen LogP contribution is -2.50. The lowest BCUT2D eigenvalue weighted by atomic mass is 9.98. The Labute approximate surface area is 345 Å². The summed E-state index contributed by atoms with van der Waals surface area (Å²) in [5.41, 5.74) is -31.9. The van der Waals surface area contributed by atoms with E-state index in [-0.39, 0.29) is 0 Å². The number of fused-ring (bicyclic) bond motifs is 8. The highest BCUT2D eigenvalue weighted by Gasteiger charge is 2.78. The van der Waals surface area contributed by atoms with Gasteiger partial charge in [0.2, 0.25) is 0 Å². The van der Waals surface area contributed by atoms with Crippen molar-refractivity contribution >= 4 is 62.3 Å². The van der Waals surface area contributed by atoms with Gasteiger partial charge in [0.1, 0.15) is 0 Å². The molecule has 0 aliphatic carbocycles. The predicted molar refractivity (Wildman–Crippen MR) is 166 cm³/mol. The zero-order valence-electron chi connectivity index (χ0n) is 29.4. The van der Waals surface area contributed by atoms with Crippen molar-refractivity contribution in [1.29, 1.82) is 0 Å². The van der Waals surface area contributed by atoms with Gasteiger partial charge < -0.3 is 9.97 Å². The van der Waals surface area contributed by atoms with Gasteiger partial charge in [0, 0.05) is 4.47 Å². The molecule has 5 heterocycles. The van der Waals surface area contributed by atoms with E-state index in [4.69, 9.17) is 0 Å². The molecule has 3 aromatic heterocycles. The van der Waals surface area contributed by atoms with Gasteiger partial charge >= 0.3 is 72.1 Å². The number of hydrogen-bond donors (Lipinski definition) is 2. The lowest BCUT2D eigenvalue weighted by Gasteiger charge is -2.29. The molecule has 4 nitrogen and oxygen atoms in total. The third-order valence-electron chi connectivity index (χ3n) is 9.08. The number of hydrogen-bond acceptors (Lipinski definition) is 2. The molecular weight excluding hydrogens is 1050 g/mol. The summed E-state index contributed by atoms with van der Waals surface area (Å²) in [5, 5.41) is 0. The fourth-order valence-electron chi connectivity index (χ4n) is 5.90. The second-order valence-corrected chi connectivity index (χ2v) is 14.1. The number of halogens is 29. The first kappa shape index (κ1) is 51.1. The minimum Gasteiger partial charge on any atom is -0.355 e. The van der Waals surface area contributed by atoms with Crippen LogP contribution in [0.1, 0.15) is 45.0 Å². The molecule has 0 unspecified atom stereocenters. The molecule has 0 aromatic carbocycles. The molecule has 2 aliphatic rings. The van der Waals surface area contributed by atoms with Crippen molar-refractivity contribution < 1.29 is 123 Å². The monoisotopic (exact) mass is 1060 g/mol. The maximum atomic E-state index is 15.8. The van der Waals surface area contributed by atoms with Gasteiger partial charge in [-0.15, -0.1) is 0 Å². The van der Waals surface area contributed by atoms with E-state index in [2.05, 4.69) is 25.9 Å². The van der Waals surface area contributed by atoms with E-state index in [0.717, 1.165) is 9.97 Å². The van der Waals surface area contributed by atoms with E-state index in [1.807, 2.05) is 0 Å². The number of H-pyrrole nitrogens is 2.